The van der Waals surface area contributed by atoms with E-state index in [1.54, 1.807) is 0 Å². The second-order valence-electron chi connectivity index (χ2n) is 3.27. The fourth-order valence-corrected chi connectivity index (χ4v) is 1.65. The highest BCUT2D eigenvalue weighted by atomic mass is 16.5. The van der Waals surface area contributed by atoms with Crippen molar-refractivity contribution in [2.75, 3.05) is 6.61 Å². The maximum atomic E-state index is 8.79. The van der Waals surface area contributed by atoms with Gasteiger partial charge in [-0.3, -0.25) is 0 Å². The minimum atomic E-state index is -0.0451. The van der Waals surface area contributed by atoms with Gasteiger partial charge in [0, 0.05) is 6.61 Å². The lowest BCUT2D eigenvalue weighted by Gasteiger charge is -2.12. The van der Waals surface area contributed by atoms with Crippen molar-refractivity contribution in [3.8, 4) is 6.07 Å². The van der Waals surface area contributed by atoms with Crippen LogP contribution in [0.3, 0.4) is 0 Å². The lowest BCUT2D eigenvalue weighted by atomic mass is 9.99. The quantitative estimate of drug-likeness (QED) is 0.548. The summed E-state index contributed by atoms with van der Waals surface area (Å²) in [7, 11) is 0. The average Bonchev–Trinajstić information content (AvgIpc) is 2.58. The third-order valence-electron chi connectivity index (χ3n) is 2.56. The van der Waals surface area contributed by atoms with Gasteiger partial charge in [-0.1, -0.05) is 0 Å². The minimum absolute atomic E-state index is 0.0451. The summed E-state index contributed by atoms with van der Waals surface area (Å²) in [5.74, 6) is 0. The SMILES string of the molecule is N#CC1(C2CCCO2)CC1. The van der Waals surface area contributed by atoms with Crippen molar-refractivity contribution in [1.29, 1.82) is 5.26 Å². The summed E-state index contributed by atoms with van der Waals surface area (Å²) < 4.78 is 5.45. The largest absolute Gasteiger partial charge is 0.377 e. The molecular weight excluding hydrogens is 126 g/mol. The Hall–Kier alpha value is -0.550. The zero-order valence-corrected chi connectivity index (χ0v) is 5.97. The highest BCUT2D eigenvalue weighted by molar-refractivity contribution is 5.14. The monoisotopic (exact) mass is 137 g/mol. The topological polar surface area (TPSA) is 33.0 Å². The molecule has 0 N–H and O–H groups in total. The van der Waals surface area contributed by atoms with Gasteiger partial charge in [0.1, 0.15) is 0 Å². The molecule has 54 valence electrons. The van der Waals surface area contributed by atoms with Crippen LogP contribution in [0, 0.1) is 16.7 Å². The fourth-order valence-electron chi connectivity index (χ4n) is 1.65. The summed E-state index contributed by atoms with van der Waals surface area (Å²) in [6.45, 7) is 0.869. The third-order valence-corrected chi connectivity index (χ3v) is 2.56. The van der Waals surface area contributed by atoms with Gasteiger partial charge >= 0.3 is 0 Å². The van der Waals surface area contributed by atoms with E-state index in [1.807, 2.05) is 0 Å². The van der Waals surface area contributed by atoms with Gasteiger partial charge in [0.25, 0.3) is 0 Å². The molecule has 1 aliphatic heterocycles. The molecule has 0 radical (unpaired) electrons. The van der Waals surface area contributed by atoms with Gasteiger partial charge in [0.05, 0.1) is 17.6 Å². The first-order valence-electron chi connectivity index (χ1n) is 3.90. The van der Waals surface area contributed by atoms with E-state index < -0.39 is 0 Å². The minimum Gasteiger partial charge on any atom is -0.377 e. The first-order chi connectivity index (χ1) is 4.87. The van der Waals surface area contributed by atoms with Gasteiger partial charge in [0.2, 0.25) is 0 Å². The van der Waals surface area contributed by atoms with Gasteiger partial charge in [-0.05, 0) is 25.7 Å². The summed E-state index contributed by atoms with van der Waals surface area (Å²) in [5, 5.41) is 8.79. The fraction of sp³-hybridized carbons (Fsp3) is 0.875. The van der Waals surface area contributed by atoms with Gasteiger partial charge in [0.15, 0.2) is 0 Å². The zero-order valence-electron chi connectivity index (χ0n) is 5.97. The van der Waals surface area contributed by atoms with Crippen molar-refractivity contribution in [3.63, 3.8) is 0 Å². The van der Waals surface area contributed by atoms with E-state index in [9.17, 15) is 0 Å². The smallest absolute Gasteiger partial charge is 0.0836 e. The molecule has 2 aliphatic rings. The molecule has 2 fully saturated rings. The van der Waals surface area contributed by atoms with Crippen molar-refractivity contribution in [2.24, 2.45) is 5.41 Å². The first kappa shape index (κ1) is 6.18. The molecular formula is C8H11NO. The maximum Gasteiger partial charge on any atom is 0.0836 e. The van der Waals surface area contributed by atoms with E-state index in [4.69, 9.17) is 10.00 Å². The molecule has 1 heterocycles. The van der Waals surface area contributed by atoms with Crippen LogP contribution >= 0.6 is 0 Å². The molecule has 0 aromatic heterocycles. The molecule has 1 saturated heterocycles. The highest BCUT2D eigenvalue weighted by Crippen LogP contribution is 2.51. The van der Waals surface area contributed by atoms with Crippen molar-refractivity contribution in [3.05, 3.63) is 0 Å². The van der Waals surface area contributed by atoms with Crippen LogP contribution in [0.2, 0.25) is 0 Å². The number of hydrogen-bond acceptors (Lipinski definition) is 2. The van der Waals surface area contributed by atoms with Crippen LogP contribution < -0.4 is 0 Å². The van der Waals surface area contributed by atoms with Crippen molar-refractivity contribution in [2.45, 2.75) is 31.8 Å². The van der Waals surface area contributed by atoms with Crippen LogP contribution in [-0.4, -0.2) is 12.7 Å². The van der Waals surface area contributed by atoms with Crippen LogP contribution in [0.25, 0.3) is 0 Å². The third kappa shape index (κ3) is 0.741. The first-order valence-corrected chi connectivity index (χ1v) is 3.90. The highest BCUT2D eigenvalue weighted by Gasteiger charge is 2.51. The van der Waals surface area contributed by atoms with E-state index in [0.717, 1.165) is 32.3 Å². The second-order valence-corrected chi connectivity index (χ2v) is 3.27. The van der Waals surface area contributed by atoms with Crippen LogP contribution in [0.5, 0.6) is 0 Å². The molecule has 1 unspecified atom stereocenters. The van der Waals surface area contributed by atoms with Crippen LogP contribution in [0.1, 0.15) is 25.7 Å². The van der Waals surface area contributed by atoms with Gasteiger partial charge in [-0.2, -0.15) is 5.26 Å². The average molecular weight is 137 g/mol. The molecule has 0 bridgehead atoms. The van der Waals surface area contributed by atoms with Crippen molar-refractivity contribution in [1.82, 2.24) is 0 Å². The van der Waals surface area contributed by atoms with E-state index in [2.05, 4.69) is 6.07 Å². The molecule has 0 amide bonds. The molecule has 2 heteroatoms. The van der Waals surface area contributed by atoms with Crippen molar-refractivity contribution < 1.29 is 4.74 Å². The van der Waals surface area contributed by atoms with Crippen LogP contribution in [-0.2, 0) is 4.74 Å². The second kappa shape index (κ2) is 1.96. The van der Waals surface area contributed by atoms with Crippen molar-refractivity contribution >= 4 is 0 Å². The Balaban J connectivity index is 2.05. The van der Waals surface area contributed by atoms with Gasteiger partial charge in [-0.15, -0.1) is 0 Å². The summed E-state index contributed by atoms with van der Waals surface area (Å²) in [4.78, 5) is 0. The molecule has 0 aromatic carbocycles. The lowest BCUT2D eigenvalue weighted by molar-refractivity contribution is 0.0725. The number of nitrogens with zero attached hydrogens (tertiary/aromatic N) is 1. The number of ether oxygens (including phenoxy) is 1. The number of hydrogen-bond donors (Lipinski definition) is 0. The lowest BCUT2D eigenvalue weighted by Crippen LogP contribution is -2.18. The molecule has 1 aliphatic carbocycles. The molecule has 2 nitrogen and oxygen atoms in total. The summed E-state index contributed by atoms with van der Waals surface area (Å²) >= 11 is 0. The molecule has 0 spiro atoms. The Labute approximate surface area is 60.8 Å². The number of rotatable bonds is 1. The summed E-state index contributed by atoms with van der Waals surface area (Å²) in [6, 6.07) is 2.37. The summed E-state index contributed by atoms with van der Waals surface area (Å²) in [6.07, 6.45) is 4.65. The predicted octanol–water partition coefficient (Wildman–Crippen LogP) is 1.47. The zero-order chi connectivity index (χ0) is 7.03. The van der Waals surface area contributed by atoms with Gasteiger partial charge < -0.3 is 4.74 Å². The van der Waals surface area contributed by atoms with E-state index in [-0.39, 0.29) is 11.5 Å². The van der Waals surface area contributed by atoms with E-state index in [0.29, 0.717) is 0 Å². The Morgan fingerprint density at radius 1 is 1.50 bits per heavy atom. The van der Waals surface area contributed by atoms with E-state index in [1.165, 1.54) is 0 Å². The molecule has 2 rings (SSSR count). The van der Waals surface area contributed by atoms with Crippen LogP contribution in [0.4, 0.5) is 0 Å². The Morgan fingerprint density at radius 3 is 2.70 bits per heavy atom. The number of nitriles is 1. The Kier molecular flexibility index (Phi) is 1.21. The normalized spacial score (nSPS) is 35.3. The maximum absolute atomic E-state index is 8.79. The van der Waals surface area contributed by atoms with Gasteiger partial charge in [-0.25, -0.2) is 0 Å². The molecule has 1 saturated carbocycles. The predicted molar refractivity (Wildman–Crippen MR) is 36.3 cm³/mol. The van der Waals surface area contributed by atoms with Crippen LogP contribution in [0.15, 0.2) is 0 Å². The molecule has 1 atom stereocenters. The summed E-state index contributed by atoms with van der Waals surface area (Å²) in [5.41, 5.74) is -0.0451. The molecule has 10 heavy (non-hydrogen) atoms. The Morgan fingerprint density at radius 2 is 2.30 bits per heavy atom. The van der Waals surface area contributed by atoms with E-state index >= 15 is 0 Å². The molecule has 0 aromatic rings. The standard InChI is InChI=1S/C8H11NO/c9-6-8(3-4-8)7-2-1-5-10-7/h7H,1-5H2. The Bertz CT molecular complexity index is 172.